The van der Waals surface area contributed by atoms with Crippen molar-refractivity contribution in [1.29, 1.82) is 5.26 Å². The van der Waals surface area contributed by atoms with Crippen molar-refractivity contribution in [3.8, 4) is 11.8 Å². The fourth-order valence-electron chi connectivity index (χ4n) is 1.32. The number of rotatable bonds is 1. The Labute approximate surface area is 91.9 Å². The highest BCUT2D eigenvalue weighted by Crippen LogP contribution is 2.33. The lowest BCUT2D eigenvalue weighted by Crippen LogP contribution is -2.11. The minimum absolute atomic E-state index is 0.107. The zero-order chi connectivity index (χ0) is 11.5. The van der Waals surface area contributed by atoms with Crippen LogP contribution in [0.4, 0.5) is 5.69 Å². The maximum absolute atomic E-state index is 11.3. The summed E-state index contributed by atoms with van der Waals surface area (Å²) < 4.78 is 9.80. The zero-order valence-electron chi connectivity index (χ0n) is 8.48. The molecule has 0 bridgehead atoms. The van der Waals surface area contributed by atoms with Crippen LogP contribution in [0.5, 0.6) is 5.75 Å². The van der Waals surface area contributed by atoms with E-state index >= 15 is 0 Å². The molecule has 1 aromatic carbocycles. The van der Waals surface area contributed by atoms with Gasteiger partial charge in [-0.2, -0.15) is 5.26 Å². The SMILES string of the molecule is COC(=O)/C(C#N)=C1\Nc2ccccc2O1. The van der Waals surface area contributed by atoms with Gasteiger partial charge in [0, 0.05) is 0 Å². The van der Waals surface area contributed by atoms with Crippen LogP contribution in [0, 0.1) is 11.3 Å². The Balaban J connectivity index is 2.38. The quantitative estimate of drug-likeness (QED) is 0.436. The van der Waals surface area contributed by atoms with Crippen LogP contribution in [0.15, 0.2) is 35.7 Å². The third-order valence-electron chi connectivity index (χ3n) is 2.08. The predicted octanol–water partition coefficient (Wildman–Crippen LogP) is 1.40. The minimum atomic E-state index is -0.724. The van der Waals surface area contributed by atoms with Crippen LogP contribution in [0.1, 0.15) is 0 Å². The Kier molecular flexibility index (Phi) is 2.48. The Morgan fingerprint density at radius 2 is 2.25 bits per heavy atom. The van der Waals surface area contributed by atoms with E-state index in [4.69, 9.17) is 10.00 Å². The van der Waals surface area contributed by atoms with Gasteiger partial charge in [0.05, 0.1) is 12.8 Å². The summed E-state index contributed by atoms with van der Waals surface area (Å²) in [6.07, 6.45) is 0. The van der Waals surface area contributed by atoms with Crippen molar-refractivity contribution < 1.29 is 14.3 Å². The monoisotopic (exact) mass is 216 g/mol. The number of carbonyl (C=O) groups excluding carboxylic acids is 1. The number of hydrogen-bond donors (Lipinski definition) is 1. The molecule has 1 aliphatic rings. The van der Waals surface area contributed by atoms with Gasteiger partial charge in [-0.3, -0.25) is 0 Å². The number of hydrogen-bond acceptors (Lipinski definition) is 5. The molecule has 1 N–H and O–H groups in total. The number of para-hydroxylation sites is 2. The van der Waals surface area contributed by atoms with Crippen LogP contribution < -0.4 is 10.1 Å². The molecule has 0 atom stereocenters. The summed E-state index contributed by atoms with van der Waals surface area (Å²) in [4.78, 5) is 11.3. The lowest BCUT2D eigenvalue weighted by Gasteiger charge is -2.01. The number of nitriles is 1. The lowest BCUT2D eigenvalue weighted by atomic mass is 10.3. The number of nitrogens with zero attached hydrogens (tertiary/aromatic N) is 1. The van der Waals surface area contributed by atoms with Crippen LogP contribution in [-0.4, -0.2) is 13.1 Å². The van der Waals surface area contributed by atoms with Crippen molar-refractivity contribution in [3.05, 3.63) is 35.7 Å². The molecule has 0 amide bonds. The van der Waals surface area contributed by atoms with Crippen molar-refractivity contribution in [2.24, 2.45) is 0 Å². The second-order valence-electron chi connectivity index (χ2n) is 3.03. The standard InChI is InChI=1S/C11H8N2O3/c1-15-11(14)7(6-12)10-13-8-4-2-3-5-9(8)16-10/h2-5,13H,1H3/b10-7+. The summed E-state index contributed by atoms with van der Waals surface area (Å²) in [5.41, 5.74) is 0.535. The van der Waals surface area contributed by atoms with E-state index in [9.17, 15) is 4.79 Å². The van der Waals surface area contributed by atoms with Crippen molar-refractivity contribution in [1.82, 2.24) is 0 Å². The van der Waals surface area contributed by atoms with Crippen molar-refractivity contribution >= 4 is 11.7 Å². The number of ether oxygens (including phenoxy) is 2. The maximum Gasteiger partial charge on any atom is 0.354 e. The Bertz CT molecular complexity index is 487. The average molecular weight is 216 g/mol. The Morgan fingerprint density at radius 3 is 2.88 bits per heavy atom. The largest absolute Gasteiger partial charge is 0.465 e. The molecule has 0 saturated heterocycles. The highest BCUT2D eigenvalue weighted by atomic mass is 16.5. The first-order valence-electron chi connectivity index (χ1n) is 4.53. The number of esters is 1. The molecule has 2 rings (SSSR count). The first kappa shape index (κ1) is 10.1. The first-order chi connectivity index (χ1) is 7.76. The van der Waals surface area contributed by atoms with Gasteiger partial charge in [-0.05, 0) is 12.1 Å². The van der Waals surface area contributed by atoms with Crippen LogP contribution in [-0.2, 0) is 9.53 Å². The van der Waals surface area contributed by atoms with Gasteiger partial charge in [0.1, 0.15) is 6.07 Å². The van der Waals surface area contributed by atoms with Gasteiger partial charge in [0.2, 0.25) is 5.88 Å². The molecule has 0 radical (unpaired) electrons. The van der Waals surface area contributed by atoms with Gasteiger partial charge in [-0.25, -0.2) is 4.79 Å². The molecule has 16 heavy (non-hydrogen) atoms. The average Bonchev–Trinajstić information content (AvgIpc) is 2.72. The van der Waals surface area contributed by atoms with Crippen molar-refractivity contribution in [2.75, 3.05) is 12.4 Å². The second kappa shape index (κ2) is 3.95. The van der Waals surface area contributed by atoms with Gasteiger partial charge in [-0.15, -0.1) is 0 Å². The van der Waals surface area contributed by atoms with E-state index in [1.165, 1.54) is 7.11 Å². The molecule has 0 spiro atoms. The molecule has 0 fully saturated rings. The van der Waals surface area contributed by atoms with E-state index in [1.807, 2.05) is 6.07 Å². The smallest absolute Gasteiger partial charge is 0.354 e. The molecule has 0 aromatic heterocycles. The second-order valence-corrected chi connectivity index (χ2v) is 3.03. The summed E-state index contributed by atoms with van der Waals surface area (Å²) in [6, 6.07) is 8.89. The number of fused-ring (bicyclic) bond motifs is 1. The summed E-state index contributed by atoms with van der Waals surface area (Å²) in [5, 5.41) is 11.7. The van der Waals surface area contributed by atoms with E-state index < -0.39 is 5.97 Å². The molecule has 5 nitrogen and oxygen atoms in total. The minimum Gasteiger partial charge on any atom is -0.465 e. The molecule has 1 aromatic rings. The number of nitrogens with one attached hydrogen (secondary N) is 1. The molecule has 5 heteroatoms. The van der Waals surface area contributed by atoms with Crippen LogP contribution in [0.2, 0.25) is 0 Å². The lowest BCUT2D eigenvalue weighted by molar-refractivity contribution is -0.135. The van der Waals surface area contributed by atoms with E-state index in [2.05, 4.69) is 10.1 Å². The topological polar surface area (TPSA) is 71.4 Å². The van der Waals surface area contributed by atoms with Crippen molar-refractivity contribution in [2.45, 2.75) is 0 Å². The predicted molar refractivity (Wildman–Crippen MR) is 55.3 cm³/mol. The third kappa shape index (κ3) is 1.57. The summed E-state index contributed by atoms with van der Waals surface area (Å²) in [7, 11) is 1.21. The third-order valence-corrected chi connectivity index (χ3v) is 2.08. The molecule has 0 unspecified atom stereocenters. The van der Waals surface area contributed by atoms with Crippen LogP contribution in [0.3, 0.4) is 0 Å². The zero-order valence-corrected chi connectivity index (χ0v) is 8.48. The highest BCUT2D eigenvalue weighted by Gasteiger charge is 2.24. The molecule has 1 heterocycles. The highest BCUT2D eigenvalue weighted by molar-refractivity contribution is 5.94. The number of carbonyl (C=O) groups is 1. The molecule has 0 aliphatic carbocycles. The van der Waals surface area contributed by atoms with E-state index in [1.54, 1.807) is 24.3 Å². The first-order valence-corrected chi connectivity index (χ1v) is 4.53. The molecule has 1 aliphatic heterocycles. The number of methoxy groups -OCH3 is 1. The fraction of sp³-hybridized carbons (Fsp3) is 0.0909. The van der Waals surface area contributed by atoms with Gasteiger partial charge >= 0.3 is 5.97 Å². The van der Waals surface area contributed by atoms with Gasteiger partial charge in [0.25, 0.3) is 0 Å². The van der Waals surface area contributed by atoms with Gasteiger partial charge < -0.3 is 14.8 Å². The van der Waals surface area contributed by atoms with Gasteiger partial charge in [0.15, 0.2) is 11.3 Å². The molecule has 0 saturated carbocycles. The van der Waals surface area contributed by atoms with Crippen LogP contribution in [0.25, 0.3) is 0 Å². The normalized spacial score (nSPS) is 15.2. The van der Waals surface area contributed by atoms with Crippen molar-refractivity contribution in [3.63, 3.8) is 0 Å². The van der Waals surface area contributed by atoms with E-state index in [-0.39, 0.29) is 11.5 Å². The molecular weight excluding hydrogens is 208 g/mol. The summed E-state index contributed by atoms with van der Waals surface area (Å²) >= 11 is 0. The van der Waals surface area contributed by atoms with E-state index in [0.717, 1.165) is 0 Å². The summed E-state index contributed by atoms with van der Waals surface area (Å²) in [6.45, 7) is 0. The van der Waals surface area contributed by atoms with E-state index in [0.29, 0.717) is 11.4 Å². The molecular formula is C11H8N2O3. The number of benzene rings is 1. The van der Waals surface area contributed by atoms with Crippen LogP contribution >= 0.6 is 0 Å². The Morgan fingerprint density at radius 1 is 1.50 bits per heavy atom. The maximum atomic E-state index is 11.3. The van der Waals surface area contributed by atoms with Gasteiger partial charge in [-0.1, -0.05) is 12.1 Å². The Hall–Kier alpha value is -2.48. The molecule has 80 valence electrons. The number of anilines is 1. The summed E-state index contributed by atoms with van der Waals surface area (Å²) in [5.74, 6) is -0.0393. The fourth-order valence-corrected chi connectivity index (χ4v) is 1.32.